The highest BCUT2D eigenvalue weighted by Crippen LogP contribution is 2.28. The molecule has 0 spiro atoms. The lowest BCUT2D eigenvalue weighted by atomic mass is 10.0. The molecule has 0 unspecified atom stereocenters. The first-order chi connectivity index (χ1) is 12.5. The van der Waals surface area contributed by atoms with E-state index in [1.807, 2.05) is 18.2 Å². The second-order valence-electron chi connectivity index (χ2n) is 6.53. The van der Waals surface area contributed by atoms with Crippen LogP contribution in [0.2, 0.25) is 0 Å². The van der Waals surface area contributed by atoms with Gasteiger partial charge in [-0.05, 0) is 30.5 Å². The van der Waals surface area contributed by atoms with Gasteiger partial charge in [0.15, 0.2) is 0 Å². The summed E-state index contributed by atoms with van der Waals surface area (Å²) in [5, 5.41) is 14.6. The van der Waals surface area contributed by atoms with Crippen LogP contribution in [0.4, 0.5) is 11.4 Å². The van der Waals surface area contributed by atoms with Crippen molar-refractivity contribution >= 4 is 17.3 Å². The maximum Gasteiger partial charge on any atom is 0.293 e. The summed E-state index contributed by atoms with van der Waals surface area (Å²) in [4.78, 5) is 24.4. The molecule has 3 N–H and O–H groups in total. The van der Waals surface area contributed by atoms with Crippen molar-refractivity contribution in [2.24, 2.45) is 5.73 Å². The number of likely N-dealkylation sites (tertiary alicyclic amines) is 1. The number of benzene rings is 2. The number of amides is 1. The molecule has 2 aromatic carbocycles. The number of nitrogens with zero attached hydrogens (tertiary/aromatic N) is 2. The monoisotopic (exact) mass is 354 g/mol. The number of carbonyl (C=O) groups excluding carboxylic acids is 1. The molecule has 0 atom stereocenters. The molecule has 1 amide bonds. The lowest BCUT2D eigenvalue weighted by molar-refractivity contribution is -0.384. The highest BCUT2D eigenvalue weighted by atomic mass is 16.6. The van der Waals surface area contributed by atoms with Gasteiger partial charge in [-0.3, -0.25) is 19.8 Å². The zero-order chi connectivity index (χ0) is 18.5. The van der Waals surface area contributed by atoms with E-state index in [2.05, 4.69) is 22.3 Å². The van der Waals surface area contributed by atoms with E-state index in [4.69, 9.17) is 5.73 Å². The summed E-state index contributed by atoms with van der Waals surface area (Å²) < 4.78 is 0. The largest absolute Gasteiger partial charge is 0.377 e. The van der Waals surface area contributed by atoms with E-state index in [1.165, 1.54) is 17.7 Å². The van der Waals surface area contributed by atoms with E-state index < -0.39 is 10.8 Å². The third-order valence-corrected chi connectivity index (χ3v) is 4.68. The lowest BCUT2D eigenvalue weighted by Crippen LogP contribution is -2.38. The summed E-state index contributed by atoms with van der Waals surface area (Å²) in [6.07, 6.45) is 1.81. The van der Waals surface area contributed by atoms with Crippen LogP contribution in [0, 0.1) is 10.1 Å². The molecule has 26 heavy (non-hydrogen) atoms. The third kappa shape index (κ3) is 4.37. The number of piperidine rings is 1. The Morgan fingerprint density at radius 2 is 1.88 bits per heavy atom. The summed E-state index contributed by atoms with van der Waals surface area (Å²) in [6.45, 7) is 2.78. The van der Waals surface area contributed by atoms with E-state index in [0.29, 0.717) is 5.69 Å². The van der Waals surface area contributed by atoms with Gasteiger partial charge in [0.05, 0.1) is 4.92 Å². The predicted molar refractivity (Wildman–Crippen MR) is 100.0 cm³/mol. The number of rotatable bonds is 6. The minimum atomic E-state index is -0.672. The number of hydrogen-bond acceptors (Lipinski definition) is 5. The fourth-order valence-electron chi connectivity index (χ4n) is 3.25. The van der Waals surface area contributed by atoms with Gasteiger partial charge < -0.3 is 11.1 Å². The minimum Gasteiger partial charge on any atom is -0.377 e. The molecule has 136 valence electrons. The van der Waals surface area contributed by atoms with Crippen LogP contribution in [-0.2, 0) is 6.54 Å². The number of nitro groups is 1. The number of nitrogens with one attached hydrogen (secondary N) is 1. The fraction of sp³-hybridized carbons (Fsp3) is 0.316. The summed E-state index contributed by atoms with van der Waals surface area (Å²) in [6, 6.07) is 14.8. The van der Waals surface area contributed by atoms with Gasteiger partial charge in [0.25, 0.3) is 5.69 Å². The van der Waals surface area contributed by atoms with Crippen LogP contribution in [0.25, 0.3) is 0 Å². The average molecular weight is 354 g/mol. The van der Waals surface area contributed by atoms with Crippen LogP contribution in [0.5, 0.6) is 0 Å². The van der Waals surface area contributed by atoms with Crippen LogP contribution >= 0.6 is 0 Å². The van der Waals surface area contributed by atoms with Crippen LogP contribution in [0.1, 0.15) is 28.8 Å². The number of hydrogen-bond donors (Lipinski definition) is 2. The van der Waals surface area contributed by atoms with E-state index in [9.17, 15) is 14.9 Å². The maximum absolute atomic E-state index is 11.3. The molecule has 0 aromatic heterocycles. The Balaban J connectivity index is 1.61. The predicted octanol–water partition coefficient (Wildman–Crippen LogP) is 2.77. The van der Waals surface area contributed by atoms with Gasteiger partial charge >= 0.3 is 0 Å². The number of carbonyl (C=O) groups is 1. The highest BCUT2D eigenvalue weighted by Gasteiger charge is 2.23. The van der Waals surface area contributed by atoms with Crippen LogP contribution in [0.3, 0.4) is 0 Å². The molecule has 0 saturated carbocycles. The van der Waals surface area contributed by atoms with Crippen molar-refractivity contribution < 1.29 is 9.72 Å². The van der Waals surface area contributed by atoms with Gasteiger partial charge in [-0.15, -0.1) is 0 Å². The molecule has 1 saturated heterocycles. The molecule has 3 rings (SSSR count). The Morgan fingerprint density at radius 1 is 1.19 bits per heavy atom. The average Bonchev–Trinajstić information content (AvgIpc) is 2.64. The topological polar surface area (TPSA) is 102 Å². The van der Waals surface area contributed by atoms with Crippen LogP contribution in [0.15, 0.2) is 48.5 Å². The molecule has 0 aliphatic carbocycles. The minimum absolute atomic E-state index is 0.118. The number of nitro benzene ring substituents is 1. The molecular weight excluding hydrogens is 332 g/mol. The van der Waals surface area contributed by atoms with Crippen molar-refractivity contribution in [3.63, 3.8) is 0 Å². The fourth-order valence-corrected chi connectivity index (χ4v) is 3.25. The SMILES string of the molecule is NC(=O)c1ccc(NC2CCN(Cc3ccccc3)CC2)c([N+](=O)[O-])c1. The Bertz CT molecular complexity index is 787. The van der Waals surface area contributed by atoms with Gasteiger partial charge in [0, 0.05) is 37.3 Å². The quantitative estimate of drug-likeness (QED) is 0.613. The van der Waals surface area contributed by atoms with Crippen LogP contribution < -0.4 is 11.1 Å². The Labute approximate surface area is 152 Å². The Kier molecular flexibility index (Phi) is 5.48. The first-order valence-corrected chi connectivity index (χ1v) is 8.64. The number of nitrogens with two attached hydrogens (primary N) is 1. The zero-order valence-electron chi connectivity index (χ0n) is 14.4. The first kappa shape index (κ1) is 17.9. The standard InChI is InChI=1S/C19H22N4O3/c20-19(24)15-6-7-17(18(12-15)23(25)26)21-16-8-10-22(11-9-16)13-14-4-2-1-3-5-14/h1-7,12,16,21H,8-11,13H2,(H2,20,24). The van der Waals surface area contributed by atoms with E-state index in [0.717, 1.165) is 32.5 Å². The van der Waals surface area contributed by atoms with Crippen molar-refractivity contribution in [1.29, 1.82) is 0 Å². The molecule has 1 aliphatic rings. The van der Waals surface area contributed by atoms with E-state index in [-0.39, 0.29) is 17.3 Å². The van der Waals surface area contributed by atoms with Gasteiger partial charge in [0.1, 0.15) is 5.69 Å². The van der Waals surface area contributed by atoms with E-state index >= 15 is 0 Å². The van der Waals surface area contributed by atoms with Crippen LogP contribution in [-0.4, -0.2) is 34.9 Å². The normalized spacial score (nSPS) is 15.5. The smallest absolute Gasteiger partial charge is 0.293 e. The lowest BCUT2D eigenvalue weighted by Gasteiger charge is -2.32. The first-order valence-electron chi connectivity index (χ1n) is 8.64. The summed E-state index contributed by atoms with van der Waals surface area (Å²) in [5.74, 6) is -0.672. The summed E-state index contributed by atoms with van der Waals surface area (Å²) in [7, 11) is 0. The van der Waals surface area contributed by atoms with Crippen molar-refractivity contribution in [3.05, 3.63) is 69.8 Å². The second kappa shape index (κ2) is 7.97. The van der Waals surface area contributed by atoms with Gasteiger partial charge in [0.2, 0.25) is 5.91 Å². The van der Waals surface area contributed by atoms with Gasteiger partial charge in [-0.25, -0.2) is 0 Å². The van der Waals surface area contributed by atoms with E-state index in [1.54, 1.807) is 6.07 Å². The van der Waals surface area contributed by atoms with Crippen molar-refractivity contribution in [3.8, 4) is 0 Å². The van der Waals surface area contributed by atoms with Gasteiger partial charge in [-0.1, -0.05) is 30.3 Å². The van der Waals surface area contributed by atoms with Crippen molar-refractivity contribution in [1.82, 2.24) is 4.90 Å². The molecule has 7 nitrogen and oxygen atoms in total. The van der Waals surface area contributed by atoms with Crippen molar-refractivity contribution in [2.45, 2.75) is 25.4 Å². The van der Waals surface area contributed by atoms with Gasteiger partial charge in [-0.2, -0.15) is 0 Å². The Hall–Kier alpha value is -2.93. The number of primary amides is 1. The molecule has 1 aliphatic heterocycles. The van der Waals surface area contributed by atoms with Crippen molar-refractivity contribution in [2.75, 3.05) is 18.4 Å². The maximum atomic E-state index is 11.3. The molecular formula is C19H22N4O3. The molecule has 1 heterocycles. The molecule has 1 fully saturated rings. The highest BCUT2D eigenvalue weighted by molar-refractivity contribution is 5.94. The third-order valence-electron chi connectivity index (χ3n) is 4.68. The summed E-state index contributed by atoms with van der Waals surface area (Å²) >= 11 is 0. The second-order valence-corrected chi connectivity index (χ2v) is 6.53. The molecule has 7 heteroatoms. The Morgan fingerprint density at radius 3 is 2.50 bits per heavy atom. The molecule has 0 radical (unpaired) electrons. The molecule has 2 aromatic rings. The summed E-state index contributed by atoms with van der Waals surface area (Å²) in [5.41, 5.74) is 6.95. The molecule has 0 bridgehead atoms. The zero-order valence-corrected chi connectivity index (χ0v) is 14.4. The number of anilines is 1.